The summed E-state index contributed by atoms with van der Waals surface area (Å²) in [5.41, 5.74) is 1.98. The minimum atomic E-state index is -0.434. The topological polar surface area (TPSA) is 64.6 Å². The maximum Gasteiger partial charge on any atom is 0.330 e. The van der Waals surface area contributed by atoms with E-state index in [0.717, 1.165) is 42.6 Å². The fraction of sp³-hybridized carbons (Fsp3) is 0.360. The Balaban J connectivity index is 1.61. The molecule has 0 spiro atoms. The van der Waals surface area contributed by atoms with Gasteiger partial charge in [0, 0.05) is 12.5 Å². The van der Waals surface area contributed by atoms with Crippen molar-refractivity contribution in [1.82, 2.24) is 5.32 Å². The van der Waals surface area contributed by atoms with Crippen LogP contribution in [0.15, 0.2) is 60.7 Å². The van der Waals surface area contributed by atoms with Crippen LogP contribution in [0, 0.1) is 0 Å². The highest BCUT2D eigenvalue weighted by atomic mass is 16.5. The molecule has 0 fully saturated rings. The molecule has 30 heavy (non-hydrogen) atoms. The van der Waals surface area contributed by atoms with E-state index in [1.54, 1.807) is 6.08 Å². The lowest BCUT2D eigenvalue weighted by Gasteiger charge is -2.06. The number of carbonyl (C=O) groups is 2. The first-order valence-electron chi connectivity index (χ1n) is 10.6. The zero-order valence-corrected chi connectivity index (χ0v) is 17.6. The first-order valence-corrected chi connectivity index (χ1v) is 10.6. The number of ether oxygens (including phenoxy) is 2. The van der Waals surface area contributed by atoms with E-state index >= 15 is 0 Å². The molecule has 0 bridgehead atoms. The lowest BCUT2D eigenvalue weighted by Crippen LogP contribution is -2.27. The number of hydrogen-bond donors (Lipinski definition) is 1. The van der Waals surface area contributed by atoms with Gasteiger partial charge in [-0.3, -0.25) is 4.79 Å². The summed E-state index contributed by atoms with van der Waals surface area (Å²) in [7, 11) is 0. The maximum atomic E-state index is 11.8. The molecule has 0 aliphatic carbocycles. The lowest BCUT2D eigenvalue weighted by atomic mass is 10.1. The van der Waals surface area contributed by atoms with E-state index in [2.05, 4.69) is 12.2 Å². The third-order valence-electron chi connectivity index (χ3n) is 4.47. The minimum absolute atomic E-state index is 0.00673. The second-order valence-electron chi connectivity index (χ2n) is 7.00. The SMILES string of the molecule is CCCCCCC(=O)NCCOC(=O)/C=C/c1ccc(OCc2ccccc2)cc1. The van der Waals surface area contributed by atoms with Gasteiger partial charge in [-0.2, -0.15) is 0 Å². The molecular formula is C25H31NO4. The van der Waals surface area contributed by atoms with Gasteiger partial charge in [-0.15, -0.1) is 0 Å². The fourth-order valence-electron chi connectivity index (χ4n) is 2.77. The summed E-state index contributed by atoms with van der Waals surface area (Å²) in [6, 6.07) is 17.5. The van der Waals surface area contributed by atoms with Crippen LogP contribution in [0.4, 0.5) is 0 Å². The summed E-state index contributed by atoms with van der Waals surface area (Å²) in [5, 5.41) is 2.76. The maximum absolute atomic E-state index is 11.8. The molecule has 5 nitrogen and oxygen atoms in total. The fourth-order valence-corrected chi connectivity index (χ4v) is 2.77. The molecule has 0 saturated heterocycles. The van der Waals surface area contributed by atoms with Crippen LogP contribution in [0.2, 0.25) is 0 Å². The van der Waals surface area contributed by atoms with Crippen molar-refractivity contribution in [2.75, 3.05) is 13.2 Å². The van der Waals surface area contributed by atoms with Crippen LogP contribution in [0.5, 0.6) is 5.75 Å². The summed E-state index contributed by atoms with van der Waals surface area (Å²) in [4.78, 5) is 23.4. The van der Waals surface area contributed by atoms with Crippen molar-refractivity contribution in [3.05, 3.63) is 71.8 Å². The second-order valence-corrected chi connectivity index (χ2v) is 7.00. The van der Waals surface area contributed by atoms with Gasteiger partial charge in [0.25, 0.3) is 0 Å². The number of rotatable bonds is 13. The predicted molar refractivity (Wildman–Crippen MR) is 119 cm³/mol. The summed E-state index contributed by atoms with van der Waals surface area (Å²) < 4.78 is 10.8. The van der Waals surface area contributed by atoms with Crippen molar-refractivity contribution in [2.45, 2.75) is 45.6 Å². The molecule has 1 amide bonds. The molecule has 0 atom stereocenters. The number of esters is 1. The average molecular weight is 410 g/mol. The Morgan fingerprint density at radius 1 is 0.967 bits per heavy atom. The summed E-state index contributed by atoms with van der Waals surface area (Å²) in [5.74, 6) is 0.341. The van der Waals surface area contributed by atoms with Crippen molar-refractivity contribution in [2.24, 2.45) is 0 Å². The number of nitrogens with one attached hydrogen (secondary N) is 1. The van der Waals surface area contributed by atoms with E-state index in [0.29, 0.717) is 19.6 Å². The minimum Gasteiger partial charge on any atom is -0.489 e. The second kappa shape index (κ2) is 14.0. The largest absolute Gasteiger partial charge is 0.489 e. The van der Waals surface area contributed by atoms with Gasteiger partial charge in [0.1, 0.15) is 19.0 Å². The molecule has 0 aromatic heterocycles. The van der Waals surface area contributed by atoms with Gasteiger partial charge in [0.05, 0.1) is 6.54 Å². The molecule has 0 aliphatic rings. The monoisotopic (exact) mass is 409 g/mol. The van der Waals surface area contributed by atoms with Gasteiger partial charge < -0.3 is 14.8 Å². The quantitative estimate of drug-likeness (QED) is 0.290. The van der Waals surface area contributed by atoms with Gasteiger partial charge in [0.2, 0.25) is 5.91 Å². The molecule has 0 radical (unpaired) electrons. The number of amides is 1. The molecule has 1 N–H and O–H groups in total. The van der Waals surface area contributed by atoms with E-state index in [-0.39, 0.29) is 12.5 Å². The van der Waals surface area contributed by atoms with Crippen LogP contribution < -0.4 is 10.1 Å². The molecule has 0 unspecified atom stereocenters. The molecule has 0 heterocycles. The highest BCUT2D eigenvalue weighted by molar-refractivity contribution is 5.87. The average Bonchev–Trinajstić information content (AvgIpc) is 2.78. The van der Waals surface area contributed by atoms with Gasteiger partial charge in [0.15, 0.2) is 0 Å². The van der Waals surface area contributed by atoms with Gasteiger partial charge in [-0.25, -0.2) is 4.79 Å². The van der Waals surface area contributed by atoms with Gasteiger partial charge in [-0.05, 0) is 35.8 Å². The van der Waals surface area contributed by atoms with Crippen LogP contribution >= 0.6 is 0 Å². The van der Waals surface area contributed by atoms with Crippen molar-refractivity contribution < 1.29 is 19.1 Å². The highest BCUT2D eigenvalue weighted by Gasteiger charge is 2.02. The first-order chi connectivity index (χ1) is 14.7. The van der Waals surface area contributed by atoms with E-state index < -0.39 is 5.97 Å². The molecule has 2 rings (SSSR count). The Kier molecular flexibility index (Phi) is 10.8. The van der Waals surface area contributed by atoms with Crippen molar-refractivity contribution in [3.8, 4) is 5.75 Å². The number of benzene rings is 2. The Bertz CT molecular complexity index is 785. The Morgan fingerprint density at radius 2 is 1.73 bits per heavy atom. The predicted octanol–water partition coefficient (Wildman–Crippen LogP) is 4.91. The highest BCUT2D eigenvalue weighted by Crippen LogP contribution is 2.15. The van der Waals surface area contributed by atoms with Gasteiger partial charge >= 0.3 is 5.97 Å². The third-order valence-corrected chi connectivity index (χ3v) is 4.47. The van der Waals surface area contributed by atoms with Crippen molar-refractivity contribution in [1.29, 1.82) is 0 Å². The Morgan fingerprint density at radius 3 is 2.47 bits per heavy atom. The zero-order valence-electron chi connectivity index (χ0n) is 17.6. The molecule has 0 aliphatic heterocycles. The van der Waals surface area contributed by atoms with Crippen molar-refractivity contribution >= 4 is 18.0 Å². The van der Waals surface area contributed by atoms with Crippen molar-refractivity contribution in [3.63, 3.8) is 0 Å². The standard InChI is InChI=1S/C25H31NO4/c1-2-3-4-8-11-24(27)26-18-19-29-25(28)17-14-21-12-15-23(16-13-21)30-20-22-9-6-5-7-10-22/h5-7,9-10,12-17H,2-4,8,11,18-20H2,1H3,(H,26,27)/b17-14+. The third kappa shape index (κ3) is 9.92. The number of carbonyl (C=O) groups excluding carboxylic acids is 2. The van der Waals surface area contributed by atoms with E-state index in [4.69, 9.17) is 9.47 Å². The summed E-state index contributed by atoms with van der Waals surface area (Å²) >= 11 is 0. The van der Waals surface area contributed by atoms with E-state index in [1.807, 2.05) is 54.6 Å². The molecule has 2 aromatic rings. The zero-order chi connectivity index (χ0) is 21.4. The Hall–Kier alpha value is -3.08. The first kappa shape index (κ1) is 23.2. The molecule has 5 heteroatoms. The lowest BCUT2D eigenvalue weighted by molar-refractivity contribution is -0.138. The van der Waals surface area contributed by atoms with Crippen LogP contribution in [0.25, 0.3) is 6.08 Å². The molecule has 160 valence electrons. The summed E-state index contributed by atoms with van der Waals surface area (Å²) in [6.45, 7) is 3.15. The number of hydrogen-bond acceptors (Lipinski definition) is 4. The Labute approximate surface area is 179 Å². The smallest absolute Gasteiger partial charge is 0.330 e. The molecule has 2 aromatic carbocycles. The number of unbranched alkanes of at least 4 members (excludes halogenated alkanes) is 3. The normalized spacial score (nSPS) is 10.7. The van der Waals surface area contributed by atoms with Crippen LogP contribution in [-0.2, 0) is 20.9 Å². The van der Waals surface area contributed by atoms with E-state index in [9.17, 15) is 9.59 Å². The molecular weight excluding hydrogens is 378 g/mol. The van der Waals surface area contributed by atoms with Crippen LogP contribution in [-0.4, -0.2) is 25.0 Å². The molecule has 0 saturated carbocycles. The van der Waals surface area contributed by atoms with Crippen LogP contribution in [0.1, 0.15) is 50.2 Å². The summed E-state index contributed by atoms with van der Waals surface area (Å²) in [6.07, 6.45) is 7.88. The van der Waals surface area contributed by atoms with Crippen LogP contribution in [0.3, 0.4) is 0 Å². The van der Waals surface area contributed by atoms with Gasteiger partial charge in [-0.1, -0.05) is 68.7 Å². The van der Waals surface area contributed by atoms with E-state index in [1.165, 1.54) is 6.08 Å².